The SMILES string of the molecule is COc1ccc(S(=O)(=O)NCCC(=O)Nc2ccccc2C(=O)NCCC(N)=O)cc1OC. The van der Waals surface area contributed by atoms with E-state index in [9.17, 15) is 22.8 Å². The zero-order valence-electron chi connectivity index (χ0n) is 18.2. The van der Waals surface area contributed by atoms with E-state index < -0.39 is 27.7 Å². The van der Waals surface area contributed by atoms with E-state index in [4.69, 9.17) is 15.2 Å². The second-order valence-electron chi connectivity index (χ2n) is 6.73. The summed E-state index contributed by atoms with van der Waals surface area (Å²) in [6.07, 6.45) is -0.190. The number of nitrogens with one attached hydrogen (secondary N) is 3. The van der Waals surface area contributed by atoms with Gasteiger partial charge in [-0.25, -0.2) is 13.1 Å². The van der Waals surface area contributed by atoms with Crippen LogP contribution in [0.2, 0.25) is 0 Å². The number of hydrogen-bond acceptors (Lipinski definition) is 7. The lowest BCUT2D eigenvalue weighted by atomic mass is 10.1. The molecule has 2 aromatic carbocycles. The van der Waals surface area contributed by atoms with Crippen LogP contribution in [0, 0.1) is 0 Å². The molecule has 2 aromatic rings. The zero-order chi connectivity index (χ0) is 24.4. The molecule has 0 heterocycles. The van der Waals surface area contributed by atoms with Gasteiger partial charge in [0.1, 0.15) is 0 Å². The number of anilines is 1. The number of sulfonamides is 1. The van der Waals surface area contributed by atoms with Crippen molar-refractivity contribution in [3.05, 3.63) is 48.0 Å². The van der Waals surface area contributed by atoms with Gasteiger partial charge in [0.25, 0.3) is 5.91 Å². The van der Waals surface area contributed by atoms with Gasteiger partial charge in [-0.1, -0.05) is 12.1 Å². The Balaban J connectivity index is 1.96. The van der Waals surface area contributed by atoms with Crippen LogP contribution in [-0.4, -0.2) is 53.4 Å². The minimum atomic E-state index is -3.89. The van der Waals surface area contributed by atoms with E-state index in [2.05, 4.69) is 15.4 Å². The number of nitrogens with two attached hydrogens (primary N) is 1. The molecule has 0 saturated heterocycles. The number of para-hydroxylation sites is 1. The van der Waals surface area contributed by atoms with Crippen LogP contribution in [0.5, 0.6) is 11.5 Å². The average Bonchev–Trinajstić information content (AvgIpc) is 2.78. The Bertz CT molecular complexity index is 1120. The maximum absolute atomic E-state index is 12.5. The molecule has 178 valence electrons. The molecule has 33 heavy (non-hydrogen) atoms. The molecule has 0 radical (unpaired) electrons. The number of carbonyl (C=O) groups is 3. The monoisotopic (exact) mass is 478 g/mol. The summed E-state index contributed by atoms with van der Waals surface area (Å²) >= 11 is 0. The minimum Gasteiger partial charge on any atom is -0.493 e. The summed E-state index contributed by atoms with van der Waals surface area (Å²) in [6.45, 7) is -0.107. The minimum absolute atomic E-state index is 0.0134. The van der Waals surface area contributed by atoms with Crippen LogP contribution in [0.15, 0.2) is 47.4 Å². The third kappa shape index (κ3) is 7.47. The summed E-state index contributed by atoms with van der Waals surface area (Å²) in [6, 6.07) is 10.4. The molecule has 12 heteroatoms. The molecule has 5 N–H and O–H groups in total. The van der Waals surface area contributed by atoms with Crippen molar-refractivity contribution in [3.8, 4) is 11.5 Å². The fourth-order valence-corrected chi connectivity index (χ4v) is 3.81. The second kappa shape index (κ2) is 11.8. The van der Waals surface area contributed by atoms with E-state index in [0.717, 1.165) is 0 Å². The molecule has 0 aromatic heterocycles. The summed E-state index contributed by atoms with van der Waals surface area (Å²) in [5.74, 6) is -0.895. The van der Waals surface area contributed by atoms with Gasteiger partial charge < -0.3 is 25.8 Å². The van der Waals surface area contributed by atoms with Gasteiger partial charge in [0.2, 0.25) is 21.8 Å². The third-order valence-corrected chi connectivity index (χ3v) is 5.87. The van der Waals surface area contributed by atoms with Crippen LogP contribution in [-0.2, 0) is 19.6 Å². The van der Waals surface area contributed by atoms with Crippen molar-refractivity contribution in [2.45, 2.75) is 17.7 Å². The lowest BCUT2D eigenvalue weighted by Crippen LogP contribution is -2.30. The molecule has 0 fully saturated rings. The molecule has 0 unspecified atom stereocenters. The highest BCUT2D eigenvalue weighted by Gasteiger charge is 2.18. The lowest BCUT2D eigenvalue weighted by Gasteiger charge is -2.12. The number of primary amides is 1. The maximum atomic E-state index is 12.5. The fourth-order valence-electron chi connectivity index (χ4n) is 2.76. The standard InChI is InChI=1S/C21H26N4O7S/c1-31-17-8-7-14(13-18(17)32-2)33(29,30)24-12-10-20(27)25-16-6-4-3-5-15(16)21(28)23-11-9-19(22)26/h3-8,13,24H,9-12H2,1-2H3,(H2,22,26)(H,23,28)(H,25,27). The molecular weight excluding hydrogens is 452 g/mol. The van der Waals surface area contributed by atoms with Gasteiger partial charge in [0.05, 0.1) is 30.4 Å². The molecule has 0 aliphatic carbocycles. The van der Waals surface area contributed by atoms with Crippen molar-refractivity contribution in [3.63, 3.8) is 0 Å². The first-order chi connectivity index (χ1) is 15.7. The first-order valence-corrected chi connectivity index (χ1v) is 11.3. The topological polar surface area (TPSA) is 166 Å². The highest BCUT2D eigenvalue weighted by atomic mass is 32.2. The number of benzene rings is 2. The number of methoxy groups -OCH3 is 2. The molecule has 0 bridgehead atoms. The summed E-state index contributed by atoms with van der Waals surface area (Å²) in [5, 5.41) is 5.13. The summed E-state index contributed by atoms with van der Waals surface area (Å²) in [4.78, 5) is 35.4. The van der Waals surface area contributed by atoms with Crippen LogP contribution < -0.4 is 30.6 Å². The van der Waals surface area contributed by atoms with E-state index in [1.807, 2.05) is 0 Å². The number of carbonyl (C=O) groups excluding carboxylic acids is 3. The highest BCUT2D eigenvalue weighted by Crippen LogP contribution is 2.29. The molecule has 0 atom stereocenters. The Morgan fingerprint density at radius 3 is 2.30 bits per heavy atom. The average molecular weight is 479 g/mol. The Hall–Kier alpha value is -3.64. The highest BCUT2D eigenvalue weighted by molar-refractivity contribution is 7.89. The number of hydrogen-bond donors (Lipinski definition) is 4. The van der Waals surface area contributed by atoms with Crippen LogP contribution in [0.4, 0.5) is 5.69 Å². The fraction of sp³-hybridized carbons (Fsp3) is 0.286. The third-order valence-electron chi connectivity index (χ3n) is 4.41. The molecule has 0 aliphatic heterocycles. The summed E-state index contributed by atoms with van der Waals surface area (Å²) in [7, 11) is -1.07. The Kier molecular flexibility index (Phi) is 9.18. The van der Waals surface area contributed by atoms with Crippen molar-refractivity contribution in [2.75, 3.05) is 32.6 Å². The largest absolute Gasteiger partial charge is 0.493 e. The molecule has 0 aliphatic rings. The van der Waals surface area contributed by atoms with E-state index in [0.29, 0.717) is 5.75 Å². The molecule has 3 amide bonds. The molecular formula is C21H26N4O7S. The summed E-state index contributed by atoms with van der Waals surface area (Å²) in [5.41, 5.74) is 5.49. The van der Waals surface area contributed by atoms with Crippen LogP contribution in [0.25, 0.3) is 0 Å². The van der Waals surface area contributed by atoms with Crippen molar-refractivity contribution < 1.29 is 32.3 Å². The van der Waals surface area contributed by atoms with Crippen molar-refractivity contribution >= 4 is 33.4 Å². The van der Waals surface area contributed by atoms with Crippen molar-refractivity contribution in [1.82, 2.24) is 10.0 Å². The quantitative estimate of drug-likeness (QED) is 0.347. The van der Waals surface area contributed by atoms with Crippen LogP contribution >= 0.6 is 0 Å². The van der Waals surface area contributed by atoms with Crippen molar-refractivity contribution in [1.29, 1.82) is 0 Å². The van der Waals surface area contributed by atoms with Gasteiger partial charge >= 0.3 is 0 Å². The van der Waals surface area contributed by atoms with E-state index in [1.165, 1.54) is 44.6 Å². The van der Waals surface area contributed by atoms with Gasteiger partial charge in [-0.15, -0.1) is 0 Å². The maximum Gasteiger partial charge on any atom is 0.253 e. The van der Waals surface area contributed by atoms with E-state index in [-0.39, 0.29) is 47.8 Å². The second-order valence-corrected chi connectivity index (χ2v) is 8.50. The van der Waals surface area contributed by atoms with Gasteiger partial charge in [-0.2, -0.15) is 0 Å². The Labute approximate surface area is 191 Å². The number of ether oxygens (including phenoxy) is 2. The predicted molar refractivity (Wildman–Crippen MR) is 121 cm³/mol. The van der Waals surface area contributed by atoms with Gasteiger partial charge in [0.15, 0.2) is 11.5 Å². The predicted octanol–water partition coefficient (Wildman–Crippen LogP) is 0.616. The van der Waals surface area contributed by atoms with Gasteiger partial charge in [-0.3, -0.25) is 14.4 Å². The van der Waals surface area contributed by atoms with Crippen LogP contribution in [0.1, 0.15) is 23.2 Å². The number of amides is 3. The zero-order valence-corrected chi connectivity index (χ0v) is 19.0. The smallest absolute Gasteiger partial charge is 0.253 e. The van der Waals surface area contributed by atoms with Crippen LogP contribution in [0.3, 0.4) is 0 Å². The lowest BCUT2D eigenvalue weighted by molar-refractivity contribution is -0.118. The molecule has 2 rings (SSSR count). The molecule has 0 spiro atoms. The number of rotatable bonds is 12. The normalized spacial score (nSPS) is 10.8. The van der Waals surface area contributed by atoms with E-state index >= 15 is 0 Å². The first-order valence-electron chi connectivity index (χ1n) is 9.85. The Morgan fingerprint density at radius 2 is 1.64 bits per heavy atom. The van der Waals surface area contributed by atoms with Gasteiger partial charge in [-0.05, 0) is 24.3 Å². The van der Waals surface area contributed by atoms with E-state index in [1.54, 1.807) is 12.1 Å². The van der Waals surface area contributed by atoms with Gasteiger partial charge in [0, 0.05) is 32.0 Å². The molecule has 11 nitrogen and oxygen atoms in total. The van der Waals surface area contributed by atoms with Crippen molar-refractivity contribution in [2.24, 2.45) is 5.73 Å². The molecule has 0 saturated carbocycles. The first kappa shape index (κ1) is 25.6. The summed E-state index contributed by atoms with van der Waals surface area (Å²) < 4.78 is 37.6. The Morgan fingerprint density at radius 1 is 0.939 bits per heavy atom.